The number of fused-ring (bicyclic) bond motifs is 1. The first kappa shape index (κ1) is 11.3. The van der Waals surface area contributed by atoms with E-state index in [1.165, 1.54) is 0 Å². The van der Waals surface area contributed by atoms with E-state index in [1.54, 1.807) is 0 Å². The molecule has 0 atom stereocenters. The number of carbonyl (C=O) groups excluding carboxylic acids is 1. The third kappa shape index (κ3) is 1.70. The zero-order valence-corrected chi connectivity index (χ0v) is 10.5. The summed E-state index contributed by atoms with van der Waals surface area (Å²) in [6, 6.07) is 5.79. The van der Waals surface area contributed by atoms with Gasteiger partial charge in [0.1, 0.15) is 11.5 Å². The molecule has 0 bridgehead atoms. The smallest absolute Gasteiger partial charge is 0.180 e. The van der Waals surface area contributed by atoms with Gasteiger partial charge in [-0.05, 0) is 25.8 Å². The Morgan fingerprint density at radius 1 is 1.50 bits per heavy atom. The predicted octanol–water partition coefficient (Wildman–Crippen LogP) is 2.73. The van der Waals surface area contributed by atoms with Crippen LogP contribution in [0, 0.1) is 0 Å². The number of hydrogen-bond donors (Lipinski definition) is 0. The summed E-state index contributed by atoms with van der Waals surface area (Å²) in [7, 11) is 0. The standard InChI is InChI=1S/C15H16O3/c1-3-17-10(2)11-4-5-12-9-14(16)15(6-7-15)18-13(12)8-11/h4-5,8H,2-3,6-7,9H2,1H3. The van der Waals surface area contributed by atoms with E-state index in [0.29, 0.717) is 18.8 Å². The molecule has 1 spiro atoms. The Labute approximate surface area is 106 Å². The van der Waals surface area contributed by atoms with Crippen molar-refractivity contribution >= 4 is 11.5 Å². The maximum Gasteiger partial charge on any atom is 0.180 e. The molecule has 1 fully saturated rings. The molecule has 0 amide bonds. The van der Waals surface area contributed by atoms with Gasteiger partial charge in [0.25, 0.3) is 0 Å². The number of rotatable bonds is 3. The van der Waals surface area contributed by atoms with Crippen molar-refractivity contribution in [1.29, 1.82) is 0 Å². The van der Waals surface area contributed by atoms with Gasteiger partial charge in [0.15, 0.2) is 11.4 Å². The molecule has 1 saturated carbocycles. The fourth-order valence-corrected chi connectivity index (χ4v) is 2.32. The summed E-state index contributed by atoms with van der Waals surface area (Å²) >= 11 is 0. The number of ketones is 1. The first-order valence-electron chi connectivity index (χ1n) is 6.32. The Kier molecular flexibility index (Phi) is 2.44. The molecule has 1 aromatic rings. The molecule has 0 saturated heterocycles. The monoisotopic (exact) mass is 244 g/mol. The van der Waals surface area contributed by atoms with Gasteiger partial charge in [0.2, 0.25) is 0 Å². The summed E-state index contributed by atoms with van der Waals surface area (Å²) in [6.45, 7) is 6.41. The number of carbonyl (C=O) groups is 1. The van der Waals surface area contributed by atoms with Crippen LogP contribution in [-0.4, -0.2) is 18.0 Å². The summed E-state index contributed by atoms with van der Waals surface area (Å²) in [4.78, 5) is 11.9. The van der Waals surface area contributed by atoms with Crippen molar-refractivity contribution in [2.45, 2.75) is 31.8 Å². The number of benzene rings is 1. The fraction of sp³-hybridized carbons (Fsp3) is 0.400. The molecule has 1 heterocycles. The van der Waals surface area contributed by atoms with Gasteiger partial charge in [-0.25, -0.2) is 0 Å². The Balaban J connectivity index is 1.91. The zero-order chi connectivity index (χ0) is 12.8. The molecule has 3 nitrogen and oxygen atoms in total. The van der Waals surface area contributed by atoms with E-state index in [1.807, 2.05) is 25.1 Å². The van der Waals surface area contributed by atoms with Crippen LogP contribution in [0.15, 0.2) is 24.8 Å². The van der Waals surface area contributed by atoms with Gasteiger partial charge in [-0.2, -0.15) is 0 Å². The number of hydrogen-bond acceptors (Lipinski definition) is 3. The van der Waals surface area contributed by atoms with E-state index >= 15 is 0 Å². The Hall–Kier alpha value is -1.77. The lowest BCUT2D eigenvalue weighted by Crippen LogP contribution is -2.35. The highest BCUT2D eigenvalue weighted by molar-refractivity contribution is 5.94. The SMILES string of the molecule is C=C(OCC)c1ccc2c(c1)OC1(CC1)C(=O)C2. The van der Waals surface area contributed by atoms with Crippen molar-refractivity contribution in [3.05, 3.63) is 35.9 Å². The lowest BCUT2D eigenvalue weighted by Gasteiger charge is -2.25. The van der Waals surface area contributed by atoms with Crippen molar-refractivity contribution in [1.82, 2.24) is 0 Å². The molecule has 1 aliphatic heterocycles. The van der Waals surface area contributed by atoms with Gasteiger partial charge in [0, 0.05) is 17.5 Å². The van der Waals surface area contributed by atoms with Crippen molar-refractivity contribution in [3.8, 4) is 5.75 Å². The molecule has 1 aliphatic carbocycles. The van der Waals surface area contributed by atoms with Crippen LogP contribution in [-0.2, 0) is 16.0 Å². The Morgan fingerprint density at radius 2 is 2.28 bits per heavy atom. The summed E-state index contributed by atoms with van der Waals surface area (Å²) in [5.74, 6) is 1.67. The number of ether oxygens (including phenoxy) is 2. The lowest BCUT2D eigenvalue weighted by atomic mass is 9.98. The molecule has 0 N–H and O–H groups in total. The second kappa shape index (κ2) is 3.87. The zero-order valence-electron chi connectivity index (χ0n) is 10.5. The minimum atomic E-state index is -0.501. The molecule has 94 valence electrons. The van der Waals surface area contributed by atoms with Gasteiger partial charge in [0.05, 0.1) is 6.61 Å². The second-order valence-corrected chi connectivity index (χ2v) is 4.87. The molecule has 0 radical (unpaired) electrons. The molecule has 2 aliphatic rings. The van der Waals surface area contributed by atoms with Crippen molar-refractivity contribution in [3.63, 3.8) is 0 Å². The largest absolute Gasteiger partial charge is 0.494 e. The van der Waals surface area contributed by atoms with Crippen LogP contribution in [0.1, 0.15) is 30.9 Å². The first-order chi connectivity index (χ1) is 8.64. The highest BCUT2D eigenvalue weighted by Crippen LogP contribution is 2.46. The summed E-state index contributed by atoms with van der Waals surface area (Å²) in [6.07, 6.45) is 2.18. The van der Waals surface area contributed by atoms with Crippen molar-refractivity contribution in [2.24, 2.45) is 0 Å². The highest BCUT2D eigenvalue weighted by Gasteiger charge is 2.54. The van der Waals surface area contributed by atoms with Gasteiger partial charge in [-0.3, -0.25) is 4.79 Å². The van der Waals surface area contributed by atoms with E-state index in [9.17, 15) is 4.79 Å². The fourth-order valence-electron chi connectivity index (χ4n) is 2.32. The summed E-state index contributed by atoms with van der Waals surface area (Å²) in [5, 5.41) is 0. The molecular formula is C15H16O3. The highest BCUT2D eigenvalue weighted by atomic mass is 16.5. The third-order valence-corrected chi connectivity index (χ3v) is 3.58. The minimum absolute atomic E-state index is 0.214. The van der Waals surface area contributed by atoms with E-state index < -0.39 is 5.60 Å². The third-order valence-electron chi connectivity index (χ3n) is 3.58. The topological polar surface area (TPSA) is 35.5 Å². The molecule has 0 unspecified atom stereocenters. The van der Waals surface area contributed by atoms with Crippen LogP contribution in [0.25, 0.3) is 5.76 Å². The lowest BCUT2D eigenvalue weighted by molar-refractivity contribution is -0.128. The predicted molar refractivity (Wildman–Crippen MR) is 68.4 cm³/mol. The Morgan fingerprint density at radius 3 is 2.94 bits per heavy atom. The van der Waals surface area contributed by atoms with Crippen LogP contribution in [0.5, 0.6) is 5.75 Å². The van der Waals surface area contributed by atoms with E-state index in [-0.39, 0.29) is 5.78 Å². The van der Waals surface area contributed by atoms with E-state index in [2.05, 4.69) is 6.58 Å². The first-order valence-corrected chi connectivity index (χ1v) is 6.32. The van der Waals surface area contributed by atoms with E-state index in [0.717, 1.165) is 29.7 Å². The van der Waals surface area contributed by atoms with Crippen molar-refractivity contribution < 1.29 is 14.3 Å². The average molecular weight is 244 g/mol. The Bertz CT molecular complexity index is 527. The van der Waals surface area contributed by atoms with Gasteiger partial charge >= 0.3 is 0 Å². The van der Waals surface area contributed by atoms with Gasteiger partial charge in [-0.1, -0.05) is 18.7 Å². The summed E-state index contributed by atoms with van der Waals surface area (Å²) < 4.78 is 11.3. The summed E-state index contributed by atoms with van der Waals surface area (Å²) in [5.41, 5.74) is 1.38. The van der Waals surface area contributed by atoms with Gasteiger partial charge < -0.3 is 9.47 Å². The maximum absolute atomic E-state index is 11.9. The van der Waals surface area contributed by atoms with Crippen LogP contribution in [0.2, 0.25) is 0 Å². The molecule has 3 rings (SSSR count). The van der Waals surface area contributed by atoms with Crippen LogP contribution < -0.4 is 4.74 Å². The maximum atomic E-state index is 11.9. The second-order valence-electron chi connectivity index (χ2n) is 4.87. The normalized spacial score (nSPS) is 19.1. The quantitative estimate of drug-likeness (QED) is 0.767. The van der Waals surface area contributed by atoms with Crippen LogP contribution in [0.4, 0.5) is 0 Å². The van der Waals surface area contributed by atoms with Crippen LogP contribution in [0.3, 0.4) is 0 Å². The van der Waals surface area contributed by atoms with Crippen molar-refractivity contribution in [2.75, 3.05) is 6.61 Å². The molecule has 1 aromatic carbocycles. The molecular weight excluding hydrogens is 228 g/mol. The van der Waals surface area contributed by atoms with Crippen LogP contribution >= 0.6 is 0 Å². The van der Waals surface area contributed by atoms with Gasteiger partial charge in [-0.15, -0.1) is 0 Å². The number of Topliss-reactive ketones (excluding diaryl/α,β-unsaturated/α-hetero) is 1. The van der Waals surface area contributed by atoms with E-state index in [4.69, 9.17) is 9.47 Å². The minimum Gasteiger partial charge on any atom is -0.494 e. The molecule has 3 heteroatoms. The molecule has 18 heavy (non-hydrogen) atoms. The average Bonchev–Trinajstić information content (AvgIpc) is 3.11. The molecule has 0 aromatic heterocycles.